The molecular formula is C32H38N+. The van der Waals surface area contributed by atoms with Gasteiger partial charge < -0.3 is 0 Å². The summed E-state index contributed by atoms with van der Waals surface area (Å²) in [7, 11) is 2.13. The van der Waals surface area contributed by atoms with E-state index in [1.807, 2.05) is 0 Å². The molecule has 1 heteroatoms. The molecule has 0 atom stereocenters. The van der Waals surface area contributed by atoms with Crippen molar-refractivity contribution in [2.45, 2.75) is 78.1 Å². The van der Waals surface area contributed by atoms with Crippen LogP contribution in [0.5, 0.6) is 0 Å². The molecule has 1 aliphatic rings. The van der Waals surface area contributed by atoms with Crippen LogP contribution in [0.15, 0.2) is 54.6 Å². The van der Waals surface area contributed by atoms with Crippen LogP contribution in [0.3, 0.4) is 0 Å². The number of rotatable bonds is 2. The van der Waals surface area contributed by atoms with Gasteiger partial charge in [-0.25, -0.2) is 0 Å². The molecular weight excluding hydrogens is 398 g/mol. The summed E-state index contributed by atoms with van der Waals surface area (Å²) in [5.74, 6) is 0.644. The van der Waals surface area contributed by atoms with E-state index in [9.17, 15) is 0 Å². The van der Waals surface area contributed by atoms with Gasteiger partial charge in [0.25, 0.3) is 0 Å². The molecule has 1 nitrogen and oxygen atoms in total. The number of aryl methyl sites for hydroxylation is 1. The summed E-state index contributed by atoms with van der Waals surface area (Å²) in [6.07, 6.45) is 6.59. The summed E-state index contributed by atoms with van der Waals surface area (Å²) in [6.45, 7) is 11.3. The molecule has 4 aromatic rings. The first-order valence-electron chi connectivity index (χ1n) is 13.1. The average molecular weight is 438 g/mol. The summed E-state index contributed by atoms with van der Waals surface area (Å²) in [4.78, 5) is 0. The fourth-order valence-electron chi connectivity index (χ4n) is 5.90. The fourth-order valence-corrected chi connectivity index (χ4v) is 5.90. The number of hydrogen-bond acceptors (Lipinski definition) is 0. The van der Waals surface area contributed by atoms with E-state index in [4.69, 9.17) is 1.37 Å². The van der Waals surface area contributed by atoms with Crippen LogP contribution in [0.25, 0.3) is 32.8 Å². The highest BCUT2D eigenvalue weighted by molar-refractivity contribution is 6.00. The summed E-state index contributed by atoms with van der Waals surface area (Å²) in [6, 6.07) is 18.9. The van der Waals surface area contributed by atoms with Crippen molar-refractivity contribution in [3.8, 4) is 11.3 Å². The minimum Gasteiger partial charge on any atom is -0.198 e. The van der Waals surface area contributed by atoms with Gasteiger partial charge in [0, 0.05) is 13.0 Å². The summed E-state index contributed by atoms with van der Waals surface area (Å²) >= 11 is 0. The monoisotopic (exact) mass is 437 g/mol. The maximum atomic E-state index is 9.00. The number of pyridine rings is 1. The Hall–Kier alpha value is -2.67. The van der Waals surface area contributed by atoms with E-state index in [1.165, 1.54) is 76.2 Å². The smallest absolute Gasteiger partial charge is 0.198 e. The molecule has 3 aromatic carbocycles. The van der Waals surface area contributed by atoms with E-state index < -0.39 is 0 Å². The van der Waals surface area contributed by atoms with Gasteiger partial charge in [-0.15, -0.1) is 0 Å². The van der Waals surface area contributed by atoms with Crippen LogP contribution in [0.1, 0.15) is 82.5 Å². The topological polar surface area (TPSA) is 3.88 Å². The van der Waals surface area contributed by atoms with Crippen LogP contribution >= 0.6 is 0 Å². The van der Waals surface area contributed by atoms with Crippen LogP contribution < -0.4 is 4.57 Å². The van der Waals surface area contributed by atoms with Gasteiger partial charge in [0.1, 0.15) is 7.05 Å². The maximum absolute atomic E-state index is 9.00. The Bertz CT molecular complexity index is 1400. The van der Waals surface area contributed by atoms with Gasteiger partial charge in [-0.3, -0.25) is 0 Å². The molecule has 0 spiro atoms. The van der Waals surface area contributed by atoms with Crippen molar-refractivity contribution in [2.75, 3.05) is 0 Å². The molecule has 33 heavy (non-hydrogen) atoms. The summed E-state index contributed by atoms with van der Waals surface area (Å²) in [5, 5.41) is 4.95. The van der Waals surface area contributed by atoms with Crippen molar-refractivity contribution >= 4 is 21.5 Å². The maximum Gasteiger partial charge on any atom is 0.220 e. The van der Waals surface area contributed by atoms with Crippen molar-refractivity contribution in [3.05, 3.63) is 77.0 Å². The first kappa shape index (κ1) is 20.9. The Morgan fingerprint density at radius 2 is 1.58 bits per heavy atom. The van der Waals surface area contributed by atoms with Crippen LogP contribution in [0.4, 0.5) is 0 Å². The lowest BCUT2D eigenvalue weighted by molar-refractivity contribution is -0.665. The van der Waals surface area contributed by atoms with Crippen LogP contribution in [-0.4, -0.2) is 0 Å². The predicted molar refractivity (Wildman–Crippen MR) is 142 cm³/mol. The normalized spacial score (nSPS) is 15.9. The Morgan fingerprint density at radius 1 is 0.879 bits per heavy atom. The van der Waals surface area contributed by atoms with Gasteiger partial charge in [-0.2, -0.15) is 4.57 Å². The lowest BCUT2D eigenvalue weighted by Gasteiger charge is -2.24. The van der Waals surface area contributed by atoms with E-state index in [1.54, 1.807) is 0 Å². The molecule has 0 radical (unpaired) electrons. The number of hydrogen-bond donors (Lipinski definition) is 0. The highest BCUT2D eigenvalue weighted by Gasteiger charge is 2.26. The number of nitrogens with zero attached hydrogens (tertiary/aromatic N) is 1. The lowest BCUT2D eigenvalue weighted by Crippen LogP contribution is -2.35. The first-order chi connectivity index (χ1) is 16.2. The molecule has 0 unspecified atom stereocenters. The Morgan fingerprint density at radius 3 is 2.27 bits per heavy atom. The zero-order valence-corrected chi connectivity index (χ0v) is 21.2. The third-order valence-electron chi connectivity index (χ3n) is 7.91. The third-order valence-corrected chi connectivity index (χ3v) is 7.91. The second-order valence-corrected chi connectivity index (χ2v) is 11.2. The van der Waals surface area contributed by atoms with Crippen molar-refractivity contribution in [2.24, 2.45) is 7.05 Å². The second-order valence-electron chi connectivity index (χ2n) is 11.2. The molecule has 5 rings (SSSR count). The van der Waals surface area contributed by atoms with Gasteiger partial charge in [-0.05, 0) is 76.1 Å². The van der Waals surface area contributed by atoms with Gasteiger partial charge in [0.2, 0.25) is 5.69 Å². The van der Waals surface area contributed by atoms with Crippen LogP contribution in [0.2, 0.25) is 0 Å². The molecule has 170 valence electrons. The second kappa shape index (κ2) is 8.28. The zero-order valence-electron chi connectivity index (χ0n) is 22.2. The standard InChI is InChI=1S/C32H38N/c1-21-18-25-19-24(23-12-8-7-9-13-23)16-17-27(25)31(33(21)6)29-20-30(32(3,4)5)28-15-11-10-14-26(28)22(29)2/h10-11,14-20,23H,7-9,12-13H2,1-6H3/q+1/i18D. The summed E-state index contributed by atoms with van der Waals surface area (Å²) < 4.78 is 11.2. The van der Waals surface area contributed by atoms with E-state index in [-0.39, 0.29) is 5.41 Å². The van der Waals surface area contributed by atoms with Gasteiger partial charge in [0.05, 0.1) is 12.3 Å². The molecule has 1 saturated carbocycles. The largest absolute Gasteiger partial charge is 0.220 e. The predicted octanol–water partition coefficient (Wildman–Crippen LogP) is 8.45. The van der Waals surface area contributed by atoms with Crippen molar-refractivity contribution in [1.29, 1.82) is 0 Å². The van der Waals surface area contributed by atoms with Crippen LogP contribution in [-0.2, 0) is 12.5 Å². The number of benzene rings is 3. The highest BCUT2D eigenvalue weighted by atomic mass is 14.9. The van der Waals surface area contributed by atoms with E-state index in [0.717, 1.165) is 11.1 Å². The first-order valence-corrected chi connectivity index (χ1v) is 12.6. The molecule has 0 bridgehead atoms. The molecule has 1 heterocycles. The minimum atomic E-state index is 0.0367. The average Bonchev–Trinajstić information content (AvgIpc) is 2.83. The molecule has 1 fully saturated rings. The zero-order chi connectivity index (χ0) is 24.2. The molecule has 0 aliphatic heterocycles. The number of fused-ring (bicyclic) bond motifs is 2. The molecule has 0 amide bonds. The van der Waals surface area contributed by atoms with Gasteiger partial charge in [0.15, 0.2) is 5.69 Å². The minimum absolute atomic E-state index is 0.0367. The molecule has 1 aromatic heterocycles. The van der Waals surface area contributed by atoms with Crippen molar-refractivity contribution in [3.63, 3.8) is 0 Å². The Labute approximate surface area is 200 Å². The van der Waals surface area contributed by atoms with E-state index >= 15 is 0 Å². The fraction of sp³-hybridized carbons (Fsp3) is 0.406. The van der Waals surface area contributed by atoms with Gasteiger partial charge >= 0.3 is 0 Å². The Kier molecular flexibility index (Phi) is 5.24. The Balaban J connectivity index is 1.83. The lowest BCUT2D eigenvalue weighted by atomic mass is 9.80. The summed E-state index contributed by atoms with van der Waals surface area (Å²) in [5.41, 5.74) is 7.68. The van der Waals surface area contributed by atoms with Crippen molar-refractivity contribution in [1.82, 2.24) is 0 Å². The third kappa shape index (κ3) is 3.86. The van der Waals surface area contributed by atoms with Crippen molar-refractivity contribution < 1.29 is 5.94 Å². The van der Waals surface area contributed by atoms with Crippen LogP contribution in [0, 0.1) is 13.8 Å². The SMILES string of the molecule is [2H]c1c(C)[n+](C)c(-c2cc(C(C)(C)C)c3ccccc3c2C)c2ccc(C3CCCCC3)cc12. The van der Waals surface area contributed by atoms with E-state index in [0.29, 0.717) is 12.0 Å². The number of aromatic nitrogens is 1. The highest BCUT2D eigenvalue weighted by Crippen LogP contribution is 2.40. The quantitative estimate of drug-likeness (QED) is 0.277. The van der Waals surface area contributed by atoms with E-state index in [2.05, 4.69) is 94.8 Å². The molecule has 1 aliphatic carbocycles. The molecule has 0 N–H and O–H groups in total. The van der Waals surface area contributed by atoms with Gasteiger partial charge in [-0.1, -0.05) is 76.4 Å². The molecule has 0 saturated heterocycles.